The molecule has 2 aromatic rings. The lowest BCUT2D eigenvalue weighted by Gasteiger charge is -2.07. The van der Waals surface area contributed by atoms with Gasteiger partial charge >= 0.3 is 0 Å². The number of benzene rings is 1. The first-order valence-electron chi connectivity index (χ1n) is 5.51. The fraction of sp³-hybridized carbons (Fsp3) is 0.143. The molecule has 1 aromatic heterocycles. The molecule has 0 bridgehead atoms. The molecule has 3 nitrogen and oxygen atoms in total. The Hall–Kier alpha value is -2.23. The van der Waals surface area contributed by atoms with Crippen molar-refractivity contribution in [1.82, 2.24) is 4.98 Å². The highest BCUT2D eigenvalue weighted by atomic mass is 19.1. The fourth-order valence-corrected chi connectivity index (χ4v) is 1.56. The molecule has 0 N–H and O–H groups in total. The number of rotatable bonds is 4. The van der Waals surface area contributed by atoms with E-state index in [-0.39, 0.29) is 18.0 Å². The Bertz CT molecular complexity index is 555. The number of aromatic nitrogens is 1. The van der Waals surface area contributed by atoms with Crippen LogP contribution in [0.5, 0.6) is 11.5 Å². The molecule has 1 aromatic carbocycles. The smallest absolute Gasteiger partial charge is 0.166 e. The molecule has 18 heavy (non-hydrogen) atoms. The molecule has 0 amide bonds. The summed E-state index contributed by atoms with van der Waals surface area (Å²) in [6.45, 7) is 1.47. The van der Waals surface area contributed by atoms with Gasteiger partial charge in [-0.05, 0) is 36.8 Å². The summed E-state index contributed by atoms with van der Waals surface area (Å²) in [6, 6.07) is 7.80. The Balaban J connectivity index is 2.17. The Morgan fingerprint density at radius 3 is 2.61 bits per heavy atom. The van der Waals surface area contributed by atoms with E-state index in [1.807, 2.05) is 0 Å². The Kier molecular flexibility index (Phi) is 3.67. The van der Waals surface area contributed by atoms with Crippen molar-refractivity contribution in [3.8, 4) is 11.5 Å². The zero-order chi connectivity index (χ0) is 13.0. The van der Waals surface area contributed by atoms with Crippen LogP contribution < -0.4 is 4.74 Å². The molecule has 1 heterocycles. The molecule has 0 aliphatic rings. The van der Waals surface area contributed by atoms with Gasteiger partial charge in [0.2, 0.25) is 0 Å². The Morgan fingerprint density at radius 1 is 1.28 bits per heavy atom. The zero-order valence-corrected chi connectivity index (χ0v) is 9.89. The minimum atomic E-state index is -0.481. The lowest BCUT2D eigenvalue weighted by molar-refractivity contribution is -0.116. The maximum absolute atomic E-state index is 13.7. The number of hydrogen-bond acceptors (Lipinski definition) is 3. The zero-order valence-electron chi connectivity index (χ0n) is 9.89. The molecule has 0 spiro atoms. The van der Waals surface area contributed by atoms with Crippen LogP contribution in [0, 0.1) is 5.82 Å². The van der Waals surface area contributed by atoms with Gasteiger partial charge in [0, 0.05) is 18.8 Å². The maximum Gasteiger partial charge on any atom is 0.166 e. The summed E-state index contributed by atoms with van der Waals surface area (Å²) >= 11 is 0. The lowest BCUT2D eigenvalue weighted by Crippen LogP contribution is -1.97. The quantitative estimate of drug-likeness (QED) is 0.830. The van der Waals surface area contributed by atoms with Crippen LogP contribution in [0.15, 0.2) is 42.7 Å². The number of Topliss-reactive ketones (excluding diaryl/α,β-unsaturated/α-hetero) is 1. The number of ether oxygens (including phenoxy) is 1. The van der Waals surface area contributed by atoms with Crippen LogP contribution in [-0.2, 0) is 11.2 Å². The fourth-order valence-electron chi connectivity index (χ4n) is 1.56. The predicted octanol–water partition coefficient (Wildman–Crippen LogP) is 3.14. The molecule has 0 atom stereocenters. The van der Waals surface area contributed by atoms with E-state index in [9.17, 15) is 9.18 Å². The van der Waals surface area contributed by atoms with E-state index in [2.05, 4.69) is 4.98 Å². The highest BCUT2D eigenvalue weighted by Gasteiger charge is 2.07. The second kappa shape index (κ2) is 5.40. The van der Waals surface area contributed by atoms with Crippen molar-refractivity contribution < 1.29 is 13.9 Å². The number of carbonyl (C=O) groups is 1. The summed E-state index contributed by atoms with van der Waals surface area (Å²) in [5, 5.41) is 0. The topological polar surface area (TPSA) is 39.2 Å². The van der Waals surface area contributed by atoms with Crippen LogP contribution in [0.2, 0.25) is 0 Å². The Morgan fingerprint density at radius 2 is 2.00 bits per heavy atom. The third-order valence-electron chi connectivity index (χ3n) is 2.33. The molecule has 0 aliphatic heterocycles. The van der Waals surface area contributed by atoms with Gasteiger partial charge in [-0.1, -0.05) is 6.07 Å². The summed E-state index contributed by atoms with van der Waals surface area (Å²) < 4.78 is 19.1. The monoisotopic (exact) mass is 245 g/mol. The molecule has 0 saturated heterocycles. The van der Waals surface area contributed by atoms with Gasteiger partial charge in [-0.3, -0.25) is 9.78 Å². The molecule has 0 radical (unpaired) electrons. The third-order valence-corrected chi connectivity index (χ3v) is 2.33. The first-order chi connectivity index (χ1) is 8.65. The van der Waals surface area contributed by atoms with E-state index in [1.54, 1.807) is 30.6 Å². The molecule has 4 heteroatoms. The lowest BCUT2D eigenvalue weighted by atomic mass is 10.1. The van der Waals surface area contributed by atoms with E-state index in [0.717, 1.165) is 0 Å². The molecule has 2 rings (SSSR count). The molecule has 0 unspecified atom stereocenters. The molecular weight excluding hydrogens is 233 g/mol. The third kappa shape index (κ3) is 3.13. The first kappa shape index (κ1) is 12.2. The summed E-state index contributed by atoms with van der Waals surface area (Å²) in [7, 11) is 0. The van der Waals surface area contributed by atoms with Gasteiger partial charge in [0.1, 0.15) is 11.5 Å². The SMILES string of the molecule is CC(=O)Cc1ccc(Oc2ccncc2)c(F)c1. The maximum atomic E-state index is 13.7. The molecule has 0 saturated carbocycles. The average Bonchev–Trinajstić information content (AvgIpc) is 2.33. The minimum absolute atomic E-state index is 0.00259. The number of nitrogens with zero attached hydrogens (tertiary/aromatic N) is 1. The van der Waals surface area contributed by atoms with E-state index in [1.165, 1.54) is 19.1 Å². The summed E-state index contributed by atoms with van der Waals surface area (Å²) in [5.74, 6) is 0.166. The standard InChI is InChI=1S/C14H12FNO2/c1-10(17)8-11-2-3-14(13(15)9-11)18-12-4-6-16-7-5-12/h2-7,9H,8H2,1H3. The van der Waals surface area contributed by atoms with Crippen molar-refractivity contribution in [2.45, 2.75) is 13.3 Å². The van der Waals surface area contributed by atoms with Gasteiger partial charge in [-0.15, -0.1) is 0 Å². The van der Waals surface area contributed by atoms with Crippen molar-refractivity contribution in [2.24, 2.45) is 0 Å². The van der Waals surface area contributed by atoms with Crippen LogP contribution in [-0.4, -0.2) is 10.8 Å². The van der Waals surface area contributed by atoms with Gasteiger partial charge < -0.3 is 4.74 Å². The van der Waals surface area contributed by atoms with E-state index in [4.69, 9.17) is 4.74 Å². The van der Waals surface area contributed by atoms with Crippen molar-refractivity contribution in [3.05, 3.63) is 54.1 Å². The van der Waals surface area contributed by atoms with E-state index >= 15 is 0 Å². The molecule has 0 aliphatic carbocycles. The molecule has 0 fully saturated rings. The van der Waals surface area contributed by atoms with E-state index in [0.29, 0.717) is 11.3 Å². The number of carbonyl (C=O) groups excluding carboxylic acids is 1. The van der Waals surface area contributed by atoms with Crippen molar-refractivity contribution in [1.29, 1.82) is 0 Å². The van der Waals surface area contributed by atoms with Crippen molar-refractivity contribution >= 4 is 5.78 Å². The highest BCUT2D eigenvalue weighted by molar-refractivity contribution is 5.78. The molecule has 92 valence electrons. The largest absolute Gasteiger partial charge is 0.454 e. The second-order valence-electron chi connectivity index (χ2n) is 3.93. The van der Waals surface area contributed by atoms with Crippen LogP contribution in [0.4, 0.5) is 4.39 Å². The number of halogens is 1. The molecular formula is C14H12FNO2. The highest BCUT2D eigenvalue weighted by Crippen LogP contribution is 2.24. The van der Waals surface area contributed by atoms with E-state index < -0.39 is 5.82 Å². The van der Waals surface area contributed by atoms with Crippen LogP contribution >= 0.6 is 0 Å². The van der Waals surface area contributed by atoms with Crippen molar-refractivity contribution in [3.63, 3.8) is 0 Å². The van der Waals surface area contributed by atoms with Gasteiger partial charge in [0.05, 0.1) is 0 Å². The van der Waals surface area contributed by atoms with Gasteiger partial charge in [-0.25, -0.2) is 4.39 Å². The predicted molar refractivity (Wildman–Crippen MR) is 65.1 cm³/mol. The normalized spacial score (nSPS) is 10.1. The van der Waals surface area contributed by atoms with Crippen LogP contribution in [0.25, 0.3) is 0 Å². The van der Waals surface area contributed by atoms with Gasteiger partial charge in [0.25, 0.3) is 0 Å². The average molecular weight is 245 g/mol. The van der Waals surface area contributed by atoms with Crippen LogP contribution in [0.1, 0.15) is 12.5 Å². The number of ketones is 1. The number of hydrogen-bond donors (Lipinski definition) is 0. The van der Waals surface area contributed by atoms with Gasteiger partial charge in [-0.2, -0.15) is 0 Å². The van der Waals surface area contributed by atoms with Gasteiger partial charge in [0.15, 0.2) is 11.6 Å². The summed E-state index contributed by atoms with van der Waals surface area (Å²) in [4.78, 5) is 14.8. The second-order valence-corrected chi connectivity index (χ2v) is 3.93. The first-order valence-corrected chi connectivity index (χ1v) is 5.51. The summed E-state index contributed by atoms with van der Waals surface area (Å²) in [5.41, 5.74) is 0.641. The number of pyridine rings is 1. The summed E-state index contributed by atoms with van der Waals surface area (Å²) in [6.07, 6.45) is 3.36. The van der Waals surface area contributed by atoms with Crippen LogP contribution in [0.3, 0.4) is 0 Å². The van der Waals surface area contributed by atoms with Crippen molar-refractivity contribution in [2.75, 3.05) is 0 Å². The Labute approximate surface area is 104 Å². The minimum Gasteiger partial charge on any atom is -0.454 e.